The van der Waals surface area contributed by atoms with Gasteiger partial charge in [-0.25, -0.2) is 0 Å². The predicted molar refractivity (Wildman–Crippen MR) is 52.2 cm³/mol. The summed E-state index contributed by atoms with van der Waals surface area (Å²) >= 11 is 3.65. The standard InChI is InChI=1S/C11H11BrO/c12-8-2-4-5-3-9(13)11-7(5)1-6(4)10(8)11/h2,4-7,10-11H,1,3H2/t4-,5+,6+,7-,10-,11-/m0/s1. The number of carbonyl (C=O) groups is 1. The number of hydrogen-bond acceptors (Lipinski definition) is 1. The molecule has 2 bridgehead atoms. The first-order valence-corrected chi connectivity index (χ1v) is 5.96. The van der Waals surface area contributed by atoms with Crippen molar-refractivity contribution in [3.8, 4) is 0 Å². The Kier molecular flexibility index (Phi) is 1.08. The van der Waals surface area contributed by atoms with E-state index >= 15 is 0 Å². The van der Waals surface area contributed by atoms with Crippen LogP contribution in [0.4, 0.5) is 0 Å². The molecule has 0 spiro atoms. The van der Waals surface area contributed by atoms with Gasteiger partial charge in [-0.15, -0.1) is 0 Å². The number of hydrogen-bond donors (Lipinski definition) is 0. The van der Waals surface area contributed by atoms with E-state index in [4.69, 9.17) is 0 Å². The van der Waals surface area contributed by atoms with Gasteiger partial charge in [-0.2, -0.15) is 0 Å². The Morgan fingerprint density at radius 2 is 2.08 bits per heavy atom. The molecule has 0 heterocycles. The highest BCUT2D eigenvalue weighted by molar-refractivity contribution is 9.11. The van der Waals surface area contributed by atoms with Crippen LogP contribution in [-0.2, 0) is 4.79 Å². The van der Waals surface area contributed by atoms with Gasteiger partial charge in [0, 0.05) is 18.3 Å². The maximum Gasteiger partial charge on any atom is 0.137 e. The number of allylic oxidation sites excluding steroid dienone is 2. The summed E-state index contributed by atoms with van der Waals surface area (Å²) in [5.41, 5.74) is 0. The zero-order valence-electron chi connectivity index (χ0n) is 7.24. The highest BCUT2D eigenvalue weighted by Crippen LogP contribution is 2.69. The van der Waals surface area contributed by atoms with E-state index in [1.165, 1.54) is 10.9 Å². The van der Waals surface area contributed by atoms with E-state index in [1.54, 1.807) is 0 Å². The molecule has 0 N–H and O–H groups in total. The third-order valence-electron chi connectivity index (χ3n) is 4.87. The molecule has 4 aliphatic carbocycles. The Morgan fingerprint density at radius 1 is 1.23 bits per heavy atom. The van der Waals surface area contributed by atoms with E-state index in [-0.39, 0.29) is 0 Å². The highest BCUT2D eigenvalue weighted by atomic mass is 79.9. The maximum absolute atomic E-state index is 11.8. The number of rotatable bonds is 0. The average Bonchev–Trinajstić information content (AvgIpc) is 2.67. The van der Waals surface area contributed by atoms with E-state index in [2.05, 4.69) is 22.0 Å². The van der Waals surface area contributed by atoms with Gasteiger partial charge >= 0.3 is 0 Å². The summed E-state index contributed by atoms with van der Waals surface area (Å²) in [5.74, 6) is 4.66. The fourth-order valence-corrected chi connectivity index (χ4v) is 5.52. The van der Waals surface area contributed by atoms with Crippen LogP contribution in [0.2, 0.25) is 0 Å². The number of carbonyl (C=O) groups excluding carboxylic acids is 1. The van der Waals surface area contributed by atoms with Crippen molar-refractivity contribution >= 4 is 21.7 Å². The van der Waals surface area contributed by atoms with Crippen molar-refractivity contribution in [2.45, 2.75) is 12.8 Å². The zero-order valence-corrected chi connectivity index (χ0v) is 8.83. The Labute approximate surface area is 85.7 Å². The first-order chi connectivity index (χ1) is 6.27. The number of fused-ring (bicyclic) bond motifs is 2. The van der Waals surface area contributed by atoms with Gasteiger partial charge in [0.25, 0.3) is 0 Å². The molecular weight excluding hydrogens is 228 g/mol. The molecule has 0 radical (unpaired) electrons. The monoisotopic (exact) mass is 238 g/mol. The fourth-order valence-electron chi connectivity index (χ4n) is 4.59. The molecule has 1 nitrogen and oxygen atoms in total. The summed E-state index contributed by atoms with van der Waals surface area (Å²) in [6.45, 7) is 0. The molecule has 0 unspecified atom stereocenters. The molecule has 68 valence electrons. The SMILES string of the molecule is O=C1C[C@@H]2[C@@H]3C=C(Br)[C@@H]4[C@@H]3C[C@@H]2[C@@H]14. The topological polar surface area (TPSA) is 17.1 Å². The molecule has 0 aromatic carbocycles. The first kappa shape index (κ1) is 7.22. The molecule has 0 saturated heterocycles. The van der Waals surface area contributed by atoms with Gasteiger partial charge in [-0.05, 0) is 34.6 Å². The summed E-state index contributed by atoms with van der Waals surface area (Å²) in [7, 11) is 0. The molecule has 0 aliphatic heterocycles. The van der Waals surface area contributed by atoms with Crippen LogP contribution in [0.15, 0.2) is 10.6 Å². The second kappa shape index (κ2) is 1.95. The molecule has 3 fully saturated rings. The molecular formula is C11H11BrO. The van der Waals surface area contributed by atoms with Crippen molar-refractivity contribution < 1.29 is 4.79 Å². The van der Waals surface area contributed by atoms with Crippen LogP contribution < -0.4 is 0 Å². The molecule has 13 heavy (non-hydrogen) atoms. The number of Topliss-reactive ketones (excluding diaryl/α,β-unsaturated/α-hetero) is 1. The van der Waals surface area contributed by atoms with Crippen LogP contribution in [0.1, 0.15) is 12.8 Å². The lowest BCUT2D eigenvalue weighted by Crippen LogP contribution is -2.24. The van der Waals surface area contributed by atoms with Crippen LogP contribution in [-0.4, -0.2) is 5.78 Å². The minimum absolute atomic E-state index is 0.416. The minimum Gasteiger partial charge on any atom is -0.299 e. The van der Waals surface area contributed by atoms with E-state index in [9.17, 15) is 4.79 Å². The molecule has 4 rings (SSSR count). The Bertz CT molecular complexity index is 346. The van der Waals surface area contributed by atoms with Gasteiger partial charge < -0.3 is 0 Å². The molecule has 0 amide bonds. The maximum atomic E-state index is 11.8. The van der Waals surface area contributed by atoms with Gasteiger partial charge in [-0.1, -0.05) is 22.0 Å². The number of halogens is 1. The minimum atomic E-state index is 0.416. The Hall–Kier alpha value is -0.110. The van der Waals surface area contributed by atoms with E-state index in [0.29, 0.717) is 17.6 Å². The Balaban J connectivity index is 1.96. The van der Waals surface area contributed by atoms with Crippen LogP contribution in [0.5, 0.6) is 0 Å². The molecule has 6 atom stereocenters. The largest absolute Gasteiger partial charge is 0.299 e. The first-order valence-electron chi connectivity index (χ1n) is 5.17. The normalized spacial score (nSPS) is 60.7. The Morgan fingerprint density at radius 3 is 2.92 bits per heavy atom. The van der Waals surface area contributed by atoms with Crippen molar-refractivity contribution in [1.82, 2.24) is 0 Å². The van der Waals surface area contributed by atoms with Crippen molar-refractivity contribution in [3.63, 3.8) is 0 Å². The molecule has 4 aliphatic rings. The zero-order chi connectivity index (χ0) is 8.74. The second-order valence-corrected chi connectivity index (χ2v) is 5.99. The lowest BCUT2D eigenvalue weighted by Gasteiger charge is -2.25. The van der Waals surface area contributed by atoms with Crippen molar-refractivity contribution in [2.24, 2.45) is 35.5 Å². The van der Waals surface area contributed by atoms with Gasteiger partial charge in [0.15, 0.2) is 0 Å². The fraction of sp³-hybridized carbons (Fsp3) is 0.727. The van der Waals surface area contributed by atoms with Crippen molar-refractivity contribution in [1.29, 1.82) is 0 Å². The van der Waals surface area contributed by atoms with E-state index in [0.717, 1.165) is 30.1 Å². The summed E-state index contributed by atoms with van der Waals surface area (Å²) in [5, 5.41) is 0. The van der Waals surface area contributed by atoms with Crippen LogP contribution >= 0.6 is 15.9 Å². The van der Waals surface area contributed by atoms with Crippen LogP contribution in [0.3, 0.4) is 0 Å². The quantitative estimate of drug-likeness (QED) is 0.634. The molecule has 0 aromatic heterocycles. The van der Waals surface area contributed by atoms with Crippen molar-refractivity contribution in [2.75, 3.05) is 0 Å². The molecule has 0 aromatic rings. The molecule has 2 heteroatoms. The summed E-state index contributed by atoms with van der Waals surface area (Å²) < 4.78 is 1.35. The van der Waals surface area contributed by atoms with E-state index in [1.807, 2.05) is 0 Å². The summed E-state index contributed by atoms with van der Waals surface area (Å²) in [4.78, 5) is 11.8. The van der Waals surface area contributed by atoms with Gasteiger partial charge in [0.1, 0.15) is 5.78 Å². The van der Waals surface area contributed by atoms with Gasteiger partial charge in [-0.3, -0.25) is 4.79 Å². The van der Waals surface area contributed by atoms with E-state index < -0.39 is 0 Å². The van der Waals surface area contributed by atoms with Crippen LogP contribution in [0, 0.1) is 35.5 Å². The van der Waals surface area contributed by atoms with Crippen molar-refractivity contribution in [3.05, 3.63) is 10.6 Å². The lowest BCUT2D eigenvalue weighted by molar-refractivity contribution is -0.121. The number of ketones is 1. The third-order valence-corrected chi connectivity index (χ3v) is 5.66. The summed E-state index contributed by atoms with van der Waals surface area (Å²) in [6.07, 6.45) is 4.64. The van der Waals surface area contributed by atoms with Gasteiger partial charge in [0.05, 0.1) is 0 Å². The lowest BCUT2D eigenvalue weighted by atomic mass is 9.79. The average molecular weight is 239 g/mol. The summed E-state index contributed by atoms with van der Waals surface area (Å²) in [6, 6.07) is 0. The predicted octanol–water partition coefficient (Wildman–Crippen LogP) is 2.37. The highest BCUT2D eigenvalue weighted by Gasteiger charge is 2.66. The van der Waals surface area contributed by atoms with Crippen LogP contribution in [0.25, 0.3) is 0 Å². The van der Waals surface area contributed by atoms with Gasteiger partial charge in [0.2, 0.25) is 0 Å². The smallest absolute Gasteiger partial charge is 0.137 e. The molecule has 3 saturated carbocycles. The second-order valence-electron chi connectivity index (χ2n) is 5.08. The third kappa shape index (κ3) is 0.604.